The third-order valence-corrected chi connectivity index (χ3v) is 3.75. The lowest BCUT2D eigenvalue weighted by atomic mass is 10.1. The summed E-state index contributed by atoms with van der Waals surface area (Å²) < 4.78 is 15.1. The summed E-state index contributed by atoms with van der Waals surface area (Å²) in [6.45, 7) is 0.860. The van der Waals surface area contributed by atoms with Crippen molar-refractivity contribution in [2.75, 3.05) is 0 Å². The number of nitrogens with zero attached hydrogens (tertiary/aromatic N) is 3. The van der Waals surface area contributed by atoms with Crippen LogP contribution in [0.15, 0.2) is 12.1 Å². The SMILES string of the molecule is Fc1cc2nnn(CC3CCCC3)c2cc1Cl. The molecule has 0 N–H and O–H groups in total. The Balaban J connectivity index is 1.96. The maximum atomic E-state index is 13.3. The van der Waals surface area contributed by atoms with Crippen LogP contribution in [0.2, 0.25) is 5.02 Å². The van der Waals surface area contributed by atoms with Crippen LogP contribution >= 0.6 is 11.6 Å². The van der Waals surface area contributed by atoms with Crippen LogP contribution in [-0.2, 0) is 6.54 Å². The van der Waals surface area contributed by atoms with Crippen molar-refractivity contribution in [2.45, 2.75) is 32.2 Å². The molecule has 1 aromatic carbocycles. The van der Waals surface area contributed by atoms with E-state index in [1.54, 1.807) is 6.07 Å². The average molecular weight is 254 g/mol. The Labute approximate surface area is 104 Å². The van der Waals surface area contributed by atoms with Gasteiger partial charge in [0.2, 0.25) is 0 Å². The van der Waals surface area contributed by atoms with Gasteiger partial charge in [0.15, 0.2) is 0 Å². The Morgan fingerprint density at radius 3 is 2.88 bits per heavy atom. The minimum atomic E-state index is -0.438. The van der Waals surface area contributed by atoms with Gasteiger partial charge in [-0.2, -0.15) is 0 Å². The van der Waals surface area contributed by atoms with Crippen molar-refractivity contribution in [2.24, 2.45) is 5.92 Å². The van der Waals surface area contributed by atoms with E-state index in [4.69, 9.17) is 11.6 Å². The second kappa shape index (κ2) is 4.26. The van der Waals surface area contributed by atoms with E-state index in [9.17, 15) is 4.39 Å². The molecule has 1 aliphatic carbocycles. The number of halogens is 2. The first kappa shape index (κ1) is 11.0. The molecule has 0 amide bonds. The van der Waals surface area contributed by atoms with E-state index in [1.807, 2.05) is 4.68 Å². The van der Waals surface area contributed by atoms with Crippen molar-refractivity contribution in [3.8, 4) is 0 Å². The van der Waals surface area contributed by atoms with Gasteiger partial charge >= 0.3 is 0 Å². The summed E-state index contributed by atoms with van der Waals surface area (Å²) in [6, 6.07) is 2.96. The van der Waals surface area contributed by atoms with E-state index >= 15 is 0 Å². The molecule has 1 saturated carbocycles. The van der Waals surface area contributed by atoms with E-state index in [2.05, 4.69) is 10.3 Å². The summed E-state index contributed by atoms with van der Waals surface area (Å²) in [5, 5.41) is 8.19. The molecule has 2 aromatic rings. The average Bonchev–Trinajstić information content (AvgIpc) is 2.92. The maximum Gasteiger partial charge on any atom is 0.144 e. The zero-order chi connectivity index (χ0) is 11.8. The molecule has 0 unspecified atom stereocenters. The molecule has 0 radical (unpaired) electrons. The van der Waals surface area contributed by atoms with Crippen LogP contribution in [-0.4, -0.2) is 15.0 Å². The molecule has 3 nitrogen and oxygen atoms in total. The number of aromatic nitrogens is 3. The Bertz CT molecular complexity index is 546. The fraction of sp³-hybridized carbons (Fsp3) is 0.500. The Kier molecular flexibility index (Phi) is 2.74. The van der Waals surface area contributed by atoms with E-state index in [0.29, 0.717) is 11.4 Å². The van der Waals surface area contributed by atoms with Gasteiger partial charge in [-0.1, -0.05) is 29.7 Å². The third-order valence-electron chi connectivity index (χ3n) is 3.46. The second-order valence-electron chi connectivity index (χ2n) is 4.68. The van der Waals surface area contributed by atoms with Crippen LogP contribution in [0.4, 0.5) is 4.39 Å². The molecule has 0 spiro atoms. The molecule has 0 aliphatic heterocycles. The molecule has 1 aromatic heterocycles. The second-order valence-corrected chi connectivity index (χ2v) is 5.08. The van der Waals surface area contributed by atoms with Gasteiger partial charge in [0.1, 0.15) is 11.3 Å². The molecule has 0 saturated heterocycles. The van der Waals surface area contributed by atoms with Gasteiger partial charge in [-0.3, -0.25) is 0 Å². The largest absolute Gasteiger partial charge is 0.244 e. The smallest absolute Gasteiger partial charge is 0.144 e. The minimum absolute atomic E-state index is 0.132. The van der Waals surface area contributed by atoms with Gasteiger partial charge < -0.3 is 0 Å². The zero-order valence-electron chi connectivity index (χ0n) is 9.37. The highest BCUT2D eigenvalue weighted by Gasteiger charge is 2.18. The molecule has 1 heterocycles. The summed E-state index contributed by atoms with van der Waals surface area (Å²) in [5.41, 5.74) is 1.40. The maximum absolute atomic E-state index is 13.3. The summed E-state index contributed by atoms with van der Waals surface area (Å²) in [5.74, 6) is 0.232. The lowest BCUT2D eigenvalue weighted by Gasteiger charge is -2.08. The number of benzene rings is 1. The lowest BCUT2D eigenvalue weighted by Crippen LogP contribution is -2.08. The van der Waals surface area contributed by atoms with Crippen LogP contribution in [0.25, 0.3) is 11.0 Å². The molecule has 17 heavy (non-hydrogen) atoms. The molecule has 90 valence electrons. The first-order valence-corrected chi connectivity index (χ1v) is 6.30. The normalized spacial score (nSPS) is 17.1. The Morgan fingerprint density at radius 1 is 1.35 bits per heavy atom. The van der Waals surface area contributed by atoms with Crippen molar-refractivity contribution in [1.82, 2.24) is 15.0 Å². The van der Waals surface area contributed by atoms with Gasteiger partial charge in [0.25, 0.3) is 0 Å². The number of fused-ring (bicyclic) bond motifs is 1. The molecular formula is C12H13ClFN3. The fourth-order valence-corrected chi connectivity index (χ4v) is 2.69. The first-order valence-electron chi connectivity index (χ1n) is 5.92. The quantitative estimate of drug-likeness (QED) is 0.821. The number of hydrogen-bond acceptors (Lipinski definition) is 2. The predicted octanol–water partition coefficient (Wildman–Crippen LogP) is 3.41. The van der Waals surface area contributed by atoms with Crippen LogP contribution in [0.3, 0.4) is 0 Å². The van der Waals surface area contributed by atoms with Gasteiger partial charge in [0, 0.05) is 12.6 Å². The highest BCUT2D eigenvalue weighted by Crippen LogP contribution is 2.28. The van der Waals surface area contributed by atoms with Gasteiger partial charge in [0.05, 0.1) is 10.5 Å². The third kappa shape index (κ3) is 2.02. The predicted molar refractivity (Wildman–Crippen MR) is 64.5 cm³/mol. The monoisotopic (exact) mass is 253 g/mol. The summed E-state index contributed by atoms with van der Waals surface area (Å²) in [7, 11) is 0. The van der Waals surface area contributed by atoms with Crippen LogP contribution in [0.5, 0.6) is 0 Å². The van der Waals surface area contributed by atoms with Crippen LogP contribution < -0.4 is 0 Å². The summed E-state index contributed by atoms with van der Waals surface area (Å²) in [6.07, 6.45) is 5.09. The van der Waals surface area contributed by atoms with Gasteiger partial charge in [-0.25, -0.2) is 9.07 Å². The number of rotatable bonds is 2. The number of hydrogen-bond donors (Lipinski definition) is 0. The fourth-order valence-electron chi connectivity index (χ4n) is 2.54. The molecule has 0 bridgehead atoms. The van der Waals surface area contributed by atoms with Crippen molar-refractivity contribution in [1.29, 1.82) is 0 Å². The zero-order valence-corrected chi connectivity index (χ0v) is 10.1. The van der Waals surface area contributed by atoms with E-state index in [0.717, 1.165) is 12.1 Å². The molecular weight excluding hydrogens is 241 g/mol. The minimum Gasteiger partial charge on any atom is -0.244 e. The highest BCUT2D eigenvalue weighted by molar-refractivity contribution is 6.31. The van der Waals surface area contributed by atoms with Crippen LogP contribution in [0.1, 0.15) is 25.7 Å². The van der Waals surface area contributed by atoms with Crippen molar-refractivity contribution in [3.05, 3.63) is 23.0 Å². The summed E-state index contributed by atoms with van der Waals surface area (Å²) >= 11 is 5.79. The van der Waals surface area contributed by atoms with Crippen molar-refractivity contribution >= 4 is 22.6 Å². The first-order chi connectivity index (χ1) is 8.24. The van der Waals surface area contributed by atoms with Crippen molar-refractivity contribution in [3.63, 3.8) is 0 Å². The lowest BCUT2D eigenvalue weighted by molar-refractivity contribution is 0.430. The standard InChI is InChI=1S/C12H13ClFN3/c13-9-5-12-11(6-10(9)14)15-16-17(12)7-8-3-1-2-4-8/h5-6,8H,1-4,7H2. The molecule has 5 heteroatoms. The topological polar surface area (TPSA) is 30.7 Å². The molecule has 1 fully saturated rings. The van der Waals surface area contributed by atoms with E-state index < -0.39 is 5.82 Å². The highest BCUT2D eigenvalue weighted by atomic mass is 35.5. The molecule has 1 aliphatic rings. The van der Waals surface area contributed by atoms with Crippen molar-refractivity contribution < 1.29 is 4.39 Å². The molecule has 0 atom stereocenters. The van der Waals surface area contributed by atoms with Gasteiger partial charge in [-0.15, -0.1) is 5.10 Å². The van der Waals surface area contributed by atoms with Crippen LogP contribution in [0, 0.1) is 11.7 Å². The van der Waals surface area contributed by atoms with Gasteiger partial charge in [-0.05, 0) is 24.8 Å². The van der Waals surface area contributed by atoms with E-state index in [1.165, 1.54) is 31.7 Å². The Hall–Kier alpha value is -1.16. The van der Waals surface area contributed by atoms with E-state index in [-0.39, 0.29) is 5.02 Å². The molecule has 3 rings (SSSR count). The summed E-state index contributed by atoms with van der Waals surface area (Å²) in [4.78, 5) is 0. The Morgan fingerprint density at radius 2 is 2.12 bits per heavy atom.